The molecule has 0 amide bonds. The van der Waals surface area contributed by atoms with E-state index in [1.54, 1.807) is 7.11 Å². The van der Waals surface area contributed by atoms with Gasteiger partial charge in [0.25, 0.3) is 0 Å². The second-order valence-corrected chi connectivity index (χ2v) is 3.60. The average Bonchev–Trinajstić information content (AvgIpc) is 2.30. The van der Waals surface area contributed by atoms with Crippen LogP contribution in [-0.2, 0) is 0 Å². The van der Waals surface area contributed by atoms with E-state index >= 15 is 0 Å². The van der Waals surface area contributed by atoms with Crippen LogP contribution in [0.1, 0.15) is 18.0 Å². The summed E-state index contributed by atoms with van der Waals surface area (Å²) in [7, 11) is 1.65. The largest absolute Gasteiger partial charge is 0.497 e. The van der Waals surface area contributed by atoms with Crippen molar-refractivity contribution >= 4 is 0 Å². The maximum atomic E-state index is 9.70. The van der Waals surface area contributed by atoms with Crippen LogP contribution in [0.2, 0.25) is 0 Å². The fourth-order valence-corrected chi connectivity index (χ4v) is 1.75. The van der Waals surface area contributed by atoms with Gasteiger partial charge in [-0.05, 0) is 24.1 Å². The molecule has 0 saturated heterocycles. The van der Waals surface area contributed by atoms with Crippen LogP contribution in [0.25, 0.3) is 0 Å². The molecule has 15 heavy (non-hydrogen) atoms. The molecule has 0 radical (unpaired) electrons. The van der Waals surface area contributed by atoms with E-state index in [2.05, 4.69) is 6.08 Å². The molecule has 1 aromatic rings. The first-order chi connectivity index (χ1) is 7.31. The minimum absolute atomic E-state index is 0.0235. The molecule has 3 nitrogen and oxygen atoms in total. The third-order valence-corrected chi connectivity index (χ3v) is 2.62. The summed E-state index contributed by atoms with van der Waals surface area (Å²) < 4.78 is 5.09. The quantitative estimate of drug-likeness (QED) is 0.752. The zero-order chi connectivity index (χ0) is 10.7. The van der Waals surface area contributed by atoms with Gasteiger partial charge in [-0.3, -0.25) is 0 Å². The van der Waals surface area contributed by atoms with Crippen molar-refractivity contribution in [3.8, 4) is 5.75 Å². The number of hydroxylamine groups is 2. The van der Waals surface area contributed by atoms with Crippen LogP contribution in [-0.4, -0.2) is 23.9 Å². The Labute approximate surface area is 89.5 Å². The fraction of sp³-hybridized carbons (Fsp3) is 0.333. The highest BCUT2D eigenvalue weighted by molar-refractivity contribution is 5.31. The van der Waals surface area contributed by atoms with Crippen molar-refractivity contribution in [3.05, 3.63) is 42.0 Å². The first-order valence-electron chi connectivity index (χ1n) is 5.07. The smallest absolute Gasteiger partial charge is 0.118 e. The van der Waals surface area contributed by atoms with Gasteiger partial charge in [0, 0.05) is 6.54 Å². The number of benzene rings is 1. The fourth-order valence-electron chi connectivity index (χ4n) is 1.75. The summed E-state index contributed by atoms with van der Waals surface area (Å²) in [4.78, 5) is 0. The Balaban J connectivity index is 2.21. The van der Waals surface area contributed by atoms with Gasteiger partial charge >= 0.3 is 0 Å². The van der Waals surface area contributed by atoms with Crippen LogP contribution >= 0.6 is 0 Å². The van der Waals surface area contributed by atoms with E-state index < -0.39 is 0 Å². The molecule has 1 atom stereocenters. The van der Waals surface area contributed by atoms with E-state index in [1.807, 2.05) is 30.3 Å². The van der Waals surface area contributed by atoms with Crippen molar-refractivity contribution in [1.29, 1.82) is 0 Å². The van der Waals surface area contributed by atoms with Gasteiger partial charge in [-0.25, -0.2) is 0 Å². The Bertz CT molecular complexity index is 345. The van der Waals surface area contributed by atoms with Crippen LogP contribution in [0.5, 0.6) is 5.75 Å². The molecular formula is C12H15NO2. The van der Waals surface area contributed by atoms with E-state index in [1.165, 1.54) is 5.06 Å². The van der Waals surface area contributed by atoms with Gasteiger partial charge in [0.1, 0.15) is 5.75 Å². The number of hydrogen-bond acceptors (Lipinski definition) is 3. The topological polar surface area (TPSA) is 32.7 Å². The van der Waals surface area contributed by atoms with Gasteiger partial charge in [-0.2, -0.15) is 5.06 Å². The molecule has 0 spiro atoms. The summed E-state index contributed by atoms with van der Waals surface area (Å²) in [6.45, 7) is 0.688. The molecule has 1 aromatic carbocycles. The average molecular weight is 205 g/mol. The summed E-state index contributed by atoms with van der Waals surface area (Å²) in [5, 5.41) is 11.1. The minimum atomic E-state index is -0.0235. The van der Waals surface area contributed by atoms with Gasteiger partial charge in [-0.1, -0.05) is 24.3 Å². The molecule has 3 heteroatoms. The molecule has 0 aromatic heterocycles. The van der Waals surface area contributed by atoms with Gasteiger partial charge in [0.05, 0.1) is 13.2 Å². The summed E-state index contributed by atoms with van der Waals surface area (Å²) >= 11 is 0. The SMILES string of the molecule is COc1ccc([C@H]2C=CCCN2O)cc1. The Hall–Kier alpha value is -1.32. The van der Waals surface area contributed by atoms with Gasteiger partial charge in [0.2, 0.25) is 0 Å². The zero-order valence-electron chi connectivity index (χ0n) is 8.76. The maximum Gasteiger partial charge on any atom is 0.118 e. The molecule has 0 bridgehead atoms. The first-order valence-corrected chi connectivity index (χ1v) is 5.07. The second-order valence-electron chi connectivity index (χ2n) is 3.60. The molecule has 1 aliphatic heterocycles. The molecule has 1 aliphatic rings. The van der Waals surface area contributed by atoms with Crippen LogP contribution in [0.15, 0.2) is 36.4 Å². The standard InChI is InChI=1S/C12H15NO2/c1-15-11-7-5-10(6-8-11)12-4-2-3-9-13(12)14/h2,4-8,12,14H,3,9H2,1H3/t12-/m1/s1. The Morgan fingerprint density at radius 3 is 2.67 bits per heavy atom. The van der Waals surface area contributed by atoms with Crippen molar-refractivity contribution in [2.75, 3.05) is 13.7 Å². The summed E-state index contributed by atoms with van der Waals surface area (Å²) in [6, 6.07) is 7.74. The van der Waals surface area contributed by atoms with E-state index in [9.17, 15) is 5.21 Å². The van der Waals surface area contributed by atoms with Crippen molar-refractivity contribution in [2.24, 2.45) is 0 Å². The molecule has 2 rings (SSSR count). The number of hydrogen-bond donors (Lipinski definition) is 1. The summed E-state index contributed by atoms with van der Waals surface area (Å²) in [5.41, 5.74) is 1.08. The second kappa shape index (κ2) is 4.47. The number of methoxy groups -OCH3 is 1. The minimum Gasteiger partial charge on any atom is -0.497 e. The third-order valence-electron chi connectivity index (χ3n) is 2.62. The van der Waals surface area contributed by atoms with Crippen LogP contribution < -0.4 is 4.74 Å². The Kier molecular flexibility index (Phi) is 3.04. The van der Waals surface area contributed by atoms with Crippen molar-refractivity contribution in [2.45, 2.75) is 12.5 Å². The summed E-state index contributed by atoms with van der Waals surface area (Å²) in [6.07, 6.45) is 5.02. The molecule has 0 unspecified atom stereocenters. The van der Waals surface area contributed by atoms with Gasteiger partial charge in [-0.15, -0.1) is 0 Å². The lowest BCUT2D eigenvalue weighted by molar-refractivity contribution is -0.117. The zero-order valence-corrected chi connectivity index (χ0v) is 8.76. The Morgan fingerprint density at radius 1 is 1.33 bits per heavy atom. The molecule has 1 N–H and O–H groups in total. The van der Waals surface area contributed by atoms with Crippen LogP contribution in [0.3, 0.4) is 0 Å². The lowest BCUT2D eigenvalue weighted by Gasteiger charge is -2.26. The Morgan fingerprint density at radius 2 is 2.07 bits per heavy atom. The van der Waals surface area contributed by atoms with Gasteiger partial charge < -0.3 is 9.94 Å². The predicted octanol–water partition coefficient (Wildman–Crippen LogP) is 2.39. The number of rotatable bonds is 2. The normalized spacial score (nSPS) is 21.6. The first kappa shape index (κ1) is 10.2. The molecule has 0 saturated carbocycles. The lowest BCUT2D eigenvalue weighted by Crippen LogP contribution is -2.27. The van der Waals surface area contributed by atoms with Crippen LogP contribution in [0.4, 0.5) is 0 Å². The highest BCUT2D eigenvalue weighted by Gasteiger charge is 2.17. The molecular weight excluding hydrogens is 190 g/mol. The monoisotopic (exact) mass is 205 g/mol. The van der Waals surface area contributed by atoms with E-state index in [4.69, 9.17) is 4.74 Å². The predicted molar refractivity (Wildman–Crippen MR) is 58.0 cm³/mol. The summed E-state index contributed by atoms with van der Waals surface area (Å²) in [5.74, 6) is 0.836. The number of ether oxygens (including phenoxy) is 1. The third kappa shape index (κ3) is 2.19. The lowest BCUT2D eigenvalue weighted by atomic mass is 10.0. The molecule has 1 heterocycles. The highest BCUT2D eigenvalue weighted by Crippen LogP contribution is 2.25. The molecule has 0 fully saturated rings. The molecule has 80 valence electrons. The van der Waals surface area contributed by atoms with Gasteiger partial charge in [0.15, 0.2) is 0 Å². The van der Waals surface area contributed by atoms with Crippen LogP contribution in [0, 0.1) is 0 Å². The molecule has 0 aliphatic carbocycles. The van der Waals surface area contributed by atoms with Crippen molar-refractivity contribution in [1.82, 2.24) is 5.06 Å². The van der Waals surface area contributed by atoms with E-state index in [0.29, 0.717) is 6.54 Å². The number of nitrogens with zero attached hydrogens (tertiary/aromatic N) is 1. The van der Waals surface area contributed by atoms with E-state index in [-0.39, 0.29) is 6.04 Å². The maximum absolute atomic E-state index is 9.70. The van der Waals surface area contributed by atoms with Crippen molar-refractivity contribution < 1.29 is 9.94 Å². The highest BCUT2D eigenvalue weighted by atomic mass is 16.5. The van der Waals surface area contributed by atoms with E-state index in [0.717, 1.165) is 17.7 Å². The van der Waals surface area contributed by atoms with Crippen molar-refractivity contribution in [3.63, 3.8) is 0 Å².